The molecule has 0 aromatic carbocycles. The standard InChI is InChI=1S/C25H40BN3O5.C15H26BN3O5.ClH/c1-22(2)16-12-18(22)23(3)19(13-16)33-26(34-23)9-5-7-24-8-11-28-25(24,21(31)32)15-29(14-24)20(30)17-6-4-10-27-17;20-12(11-3-1-7-17-11)19-9-14(4-2-6-16(23)24)5-8-18-15(14,10-19)13(21)22;/h16-19,27-28H,4-15H2,1-3H3,(H,31,32);11,17-18,23-24H,1-10H2,(H,21,22);1H/t16-,17+,18-,19+,23-,24-,25-;11-,14+,15+;/m10./s1. The van der Waals surface area contributed by atoms with Crippen molar-refractivity contribution in [3.63, 3.8) is 0 Å². The Morgan fingerprint density at radius 1 is 0.763 bits per heavy atom. The summed E-state index contributed by atoms with van der Waals surface area (Å²) in [6.07, 6.45) is 11.2. The fraction of sp³-hybridized carbons (Fsp3) is 0.900. The lowest BCUT2D eigenvalue weighted by Gasteiger charge is -2.64. The van der Waals surface area contributed by atoms with E-state index in [0.29, 0.717) is 56.8 Å². The molecule has 7 saturated heterocycles. The number of likely N-dealkylation sites (tertiary alicyclic amines) is 2. The normalized spacial score (nSPS) is 41.0. The molecule has 16 nitrogen and oxygen atoms in total. The fourth-order valence-corrected chi connectivity index (χ4v) is 13.5. The highest BCUT2D eigenvalue weighted by Gasteiger charge is 2.69. The van der Waals surface area contributed by atoms with E-state index in [0.717, 1.165) is 76.7 Å². The molecule has 3 saturated carbocycles. The van der Waals surface area contributed by atoms with Crippen molar-refractivity contribution in [3.8, 4) is 0 Å². The third kappa shape index (κ3) is 7.35. The van der Waals surface area contributed by atoms with Gasteiger partial charge in [0.25, 0.3) is 0 Å². The van der Waals surface area contributed by atoms with Crippen LogP contribution in [0.4, 0.5) is 0 Å². The number of nitrogens with one attached hydrogen (secondary N) is 4. The number of amides is 2. The van der Waals surface area contributed by atoms with Crippen LogP contribution in [-0.2, 0) is 28.5 Å². The second kappa shape index (κ2) is 16.6. The number of aliphatic carboxylic acids is 2. The maximum atomic E-state index is 13.1. The summed E-state index contributed by atoms with van der Waals surface area (Å²) in [5.74, 6) is -0.410. The van der Waals surface area contributed by atoms with Crippen molar-refractivity contribution >= 4 is 50.4 Å². The Hall–Kier alpha value is -2.02. The topological polar surface area (TPSA) is 222 Å². The summed E-state index contributed by atoms with van der Waals surface area (Å²) >= 11 is 0. The van der Waals surface area contributed by atoms with Gasteiger partial charge in [-0.25, -0.2) is 0 Å². The Kier molecular flexibility index (Phi) is 12.7. The SMILES string of the molecule is CC1(C)[C@H]2C[C@@H]3OB(CCC[C@]45CCN[C@@]4(C(=O)O)CN(C(=O)[C@@H]4CCCN4)C5)O[C@]3(C)[C@@H]1C2.Cl.O=C([C@@H]1CCCN1)N1C[C@@]2(CCCB(O)O)CCN[C@@]2(C(=O)O)C1. The van der Waals surface area contributed by atoms with Gasteiger partial charge in [0, 0.05) is 23.9 Å². The van der Waals surface area contributed by atoms with E-state index in [1.807, 2.05) is 4.90 Å². The molecule has 19 heteroatoms. The van der Waals surface area contributed by atoms with Crippen LogP contribution in [0.1, 0.15) is 97.8 Å². The molecular formula is C40H67B2ClN6O10. The molecule has 3 aliphatic carbocycles. The van der Waals surface area contributed by atoms with Gasteiger partial charge in [-0.1, -0.05) is 26.7 Å². The first-order valence-corrected chi connectivity index (χ1v) is 22.2. The Balaban J connectivity index is 0.000000187. The van der Waals surface area contributed by atoms with Gasteiger partial charge in [0.2, 0.25) is 11.8 Å². The number of carboxylic acids is 2. The summed E-state index contributed by atoms with van der Waals surface area (Å²) in [6.45, 7) is 11.3. The molecular weight excluding hydrogens is 782 g/mol. The average Bonchev–Trinajstić information content (AvgIpc) is 4.01. The number of nitrogens with zero attached hydrogens (tertiary/aromatic N) is 2. The summed E-state index contributed by atoms with van der Waals surface area (Å²) < 4.78 is 13.0. The van der Waals surface area contributed by atoms with Crippen LogP contribution >= 0.6 is 12.4 Å². The second-order valence-corrected chi connectivity index (χ2v) is 20.2. The minimum Gasteiger partial charge on any atom is -0.480 e. The minimum absolute atomic E-state index is 0. The van der Waals surface area contributed by atoms with Crippen molar-refractivity contribution in [3.05, 3.63) is 0 Å². The van der Waals surface area contributed by atoms with E-state index in [1.54, 1.807) is 4.90 Å². The highest BCUT2D eigenvalue weighted by atomic mass is 35.5. The Morgan fingerprint density at radius 3 is 1.75 bits per heavy atom. The third-order valence-electron chi connectivity index (χ3n) is 17.0. The van der Waals surface area contributed by atoms with Gasteiger partial charge in [0.1, 0.15) is 11.1 Å². The number of hydrogen-bond donors (Lipinski definition) is 8. The Labute approximate surface area is 355 Å². The van der Waals surface area contributed by atoms with Gasteiger partial charge in [-0.05, 0) is 127 Å². The van der Waals surface area contributed by atoms with Crippen LogP contribution < -0.4 is 21.3 Å². The molecule has 0 unspecified atom stereocenters. The number of halogens is 1. The highest BCUT2D eigenvalue weighted by molar-refractivity contribution is 6.45. The maximum Gasteiger partial charge on any atom is 0.457 e. The molecule has 2 amide bonds. The van der Waals surface area contributed by atoms with E-state index in [1.165, 1.54) is 6.42 Å². The van der Waals surface area contributed by atoms with E-state index in [2.05, 4.69) is 42.0 Å². The number of carboxylic acid groups (broad SMARTS) is 2. The van der Waals surface area contributed by atoms with Crippen molar-refractivity contribution in [2.24, 2.45) is 28.1 Å². The first-order valence-electron chi connectivity index (χ1n) is 22.2. The molecule has 7 aliphatic heterocycles. The van der Waals surface area contributed by atoms with Gasteiger partial charge >= 0.3 is 26.2 Å². The molecule has 2 bridgehead atoms. The zero-order chi connectivity index (χ0) is 41.3. The summed E-state index contributed by atoms with van der Waals surface area (Å²) in [7, 11) is -1.59. The van der Waals surface area contributed by atoms with Gasteiger partial charge in [0.05, 0.1) is 36.9 Å². The van der Waals surface area contributed by atoms with Crippen LogP contribution in [0.2, 0.25) is 12.6 Å². The first-order chi connectivity index (χ1) is 27.5. The average molecular weight is 849 g/mol. The number of hydrogen-bond acceptors (Lipinski definition) is 12. The van der Waals surface area contributed by atoms with Gasteiger partial charge in [0.15, 0.2) is 0 Å². The van der Waals surface area contributed by atoms with Crippen LogP contribution in [-0.4, -0.2) is 155 Å². The minimum atomic E-state index is -1.38. The van der Waals surface area contributed by atoms with Crippen molar-refractivity contribution in [2.45, 2.75) is 145 Å². The smallest absolute Gasteiger partial charge is 0.457 e. The molecule has 10 aliphatic rings. The van der Waals surface area contributed by atoms with E-state index < -0.39 is 41.0 Å². The van der Waals surface area contributed by atoms with Crippen LogP contribution in [0.5, 0.6) is 0 Å². The lowest BCUT2D eigenvalue weighted by molar-refractivity contribution is -0.199. The van der Waals surface area contributed by atoms with Crippen LogP contribution in [0.25, 0.3) is 0 Å². The van der Waals surface area contributed by atoms with E-state index >= 15 is 0 Å². The summed E-state index contributed by atoms with van der Waals surface area (Å²) in [4.78, 5) is 54.0. The monoisotopic (exact) mass is 848 g/mol. The first kappa shape index (κ1) is 45.0. The van der Waals surface area contributed by atoms with E-state index in [-0.39, 0.29) is 74.5 Å². The molecule has 7 heterocycles. The van der Waals surface area contributed by atoms with Crippen molar-refractivity contribution in [2.75, 3.05) is 52.4 Å². The maximum absolute atomic E-state index is 13.1. The van der Waals surface area contributed by atoms with Crippen molar-refractivity contribution in [1.29, 1.82) is 0 Å². The molecule has 0 aromatic heterocycles. The van der Waals surface area contributed by atoms with Gasteiger partial charge in [-0.2, -0.15) is 0 Å². The van der Waals surface area contributed by atoms with Gasteiger partial charge < -0.3 is 50.0 Å². The number of fused-ring (bicyclic) bond motifs is 2. The predicted molar refractivity (Wildman–Crippen MR) is 222 cm³/mol. The second-order valence-electron chi connectivity index (χ2n) is 20.2. The molecule has 0 radical (unpaired) electrons. The van der Waals surface area contributed by atoms with Crippen molar-refractivity contribution < 1.29 is 48.7 Å². The number of carbonyl (C=O) groups excluding carboxylic acids is 2. The van der Waals surface area contributed by atoms with Crippen LogP contribution in [0.3, 0.4) is 0 Å². The molecule has 8 N–H and O–H groups in total. The van der Waals surface area contributed by atoms with Crippen LogP contribution in [0.15, 0.2) is 0 Å². The number of rotatable bonds is 12. The summed E-state index contributed by atoms with van der Waals surface area (Å²) in [5, 5.41) is 51.3. The molecule has 10 fully saturated rings. The lowest BCUT2D eigenvalue weighted by atomic mass is 9.43. The predicted octanol–water partition coefficient (Wildman–Crippen LogP) is 0.951. The number of carbonyl (C=O) groups is 4. The molecule has 0 spiro atoms. The molecule has 330 valence electrons. The zero-order valence-electron chi connectivity index (χ0n) is 35.1. The largest absolute Gasteiger partial charge is 0.480 e. The Bertz CT molecular complexity index is 1620. The molecule has 59 heavy (non-hydrogen) atoms. The van der Waals surface area contributed by atoms with E-state index in [4.69, 9.17) is 19.4 Å². The van der Waals surface area contributed by atoms with E-state index in [9.17, 15) is 29.4 Å². The van der Waals surface area contributed by atoms with Gasteiger partial charge in [-0.3, -0.25) is 29.8 Å². The highest BCUT2D eigenvalue weighted by Crippen LogP contribution is 2.66. The fourth-order valence-electron chi connectivity index (χ4n) is 13.5. The quantitative estimate of drug-likeness (QED) is 0.128. The molecule has 10 atom stereocenters. The molecule has 10 rings (SSSR count). The lowest BCUT2D eigenvalue weighted by Crippen LogP contribution is -2.65. The summed E-state index contributed by atoms with van der Waals surface area (Å²) in [6, 6.07) is -0.368. The van der Waals surface area contributed by atoms with Crippen molar-refractivity contribution in [1.82, 2.24) is 31.1 Å². The summed E-state index contributed by atoms with van der Waals surface area (Å²) in [5.41, 5.74) is -3.03. The van der Waals surface area contributed by atoms with Crippen LogP contribution in [0, 0.1) is 28.1 Å². The zero-order valence-corrected chi connectivity index (χ0v) is 36.0. The Morgan fingerprint density at radius 2 is 1.29 bits per heavy atom. The molecule has 0 aromatic rings. The third-order valence-corrected chi connectivity index (χ3v) is 17.0. The van der Waals surface area contributed by atoms with Gasteiger partial charge in [-0.15, -0.1) is 12.4 Å².